The van der Waals surface area contributed by atoms with Crippen LogP contribution in [0, 0.1) is 0 Å². The van der Waals surface area contributed by atoms with Gasteiger partial charge in [0.2, 0.25) is 0 Å². The molecule has 2 atom stereocenters. The molecule has 0 N–H and O–H groups in total. The Labute approximate surface area is 112 Å². The van der Waals surface area contributed by atoms with Crippen LogP contribution in [-0.2, 0) is 9.47 Å². The second-order valence-corrected chi connectivity index (χ2v) is 4.86. The van der Waals surface area contributed by atoms with Gasteiger partial charge in [-0.05, 0) is 13.3 Å². The van der Waals surface area contributed by atoms with Crippen molar-refractivity contribution in [3.8, 4) is 5.75 Å². The lowest BCUT2D eigenvalue weighted by atomic mass is 10.0. The molecule has 0 amide bonds. The van der Waals surface area contributed by atoms with Crippen molar-refractivity contribution >= 4 is 11.6 Å². The van der Waals surface area contributed by atoms with Crippen molar-refractivity contribution in [1.29, 1.82) is 0 Å². The average Bonchev–Trinajstić information content (AvgIpc) is 2.89. The maximum atomic E-state index is 6.01. The zero-order valence-corrected chi connectivity index (χ0v) is 11.4. The molecule has 0 saturated carbocycles. The van der Waals surface area contributed by atoms with E-state index in [1.54, 1.807) is 13.2 Å². The fourth-order valence-electron chi connectivity index (χ4n) is 1.83. The summed E-state index contributed by atoms with van der Waals surface area (Å²) in [6.07, 6.45) is 1.04. The maximum Gasteiger partial charge on any atom is 0.133 e. The van der Waals surface area contributed by atoms with Crippen LogP contribution in [0.2, 0.25) is 5.15 Å². The predicted octanol–water partition coefficient (Wildman–Crippen LogP) is 2.65. The smallest absolute Gasteiger partial charge is 0.133 e. The fraction of sp³-hybridized carbons (Fsp3) is 0.615. The number of pyridine rings is 1. The Hall–Kier alpha value is -0.840. The number of hydrogen-bond donors (Lipinski definition) is 0. The van der Waals surface area contributed by atoms with Gasteiger partial charge in [-0.3, -0.25) is 0 Å². The van der Waals surface area contributed by atoms with E-state index in [0.29, 0.717) is 24.3 Å². The third-order valence-corrected chi connectivity index (χ3v) is 3.22. The lowest BCUT2D eigenvalue weighted by Gasteiger charge is -2.14. The largest absolute Gasteiger partial charge is 0.491 e. The summed E-state index contributed by atoms with van der Waals surface area (Å²) in [5.74, 6) is 1.06. The average molecular weight is 272 g/mol. The van der Waals surface area contributed by atoms with Crippen LogP contribution in [-0.4, -0.2) is 38.0 Å². The molecule has 1 aromatic rings. The molecule has 1 unspecified atom stereocenters. The van der Waals surface area contributed by atoms with Gasteiger partial charge in [0.15, 0.2) is 0 Å². The van der Waals surface area contributed by atoms with Crippen molar-refractivity contribution in [3.63, 3.8) is 0 Å². The van der Waals surface area contributed by atoms with E-state index in [2.05, 4.69) is 4.98 Å². The lowest BCUT2D eigenvalue weighted by molar-refractivity contribution is 0.0716. The van der Waals surface area contributed by atoms with E-state index in [-0.39, 0.29) is 6.10 Å². The third kappa shape index (κ3) is 3.57. The zero-order chi connectivity index (χ0) is 13.0. The van der Waals surface area contributed by atoms with Crippen molar-refractivity contribution in [1.82, 2.24) is 4.98 Å². The van der Waals surface area contributed by atoms with Crippen LogP contribution in [0.3, 0.4) is 0 Å². The molecule has 1 aromatic heterocycles. The summed E-state index contributed by atoms with van der Waals surface area (Å²) < 4.78 is 16.2. The summed E-state index contributed by atoms with van der Waals surface area (Å²) >= 11 is 6.01. The van der Waals surface area contributed by atoms with Crippen molar-refractivity contribution in [3.05, 3.63) is 23.0 Å². The van der Waals surface area contributed by atoms with E-state index < -0.39 is 0 Å². The Balaban J connectivity index is 2.06. The van der Waals surface area contributed by atoms with Gasteiger partial charge in [-0.1, -0.05) is 11.6 Å². The van der Waals surface area contributed by atoms with E-state index in [4.69, 9.17) is 25.8 Å². The highest BCUT2D eigenvalue weighted by molar-refractivity contribution is 6.29. The molecular weight excluding hydrogens is 254 g/mol. The van der Waals surface area contributed by atoms with Crippen LogP contribution in [0.25, 0.3) is 0 Å². The molecule has 1 aliphatic rings. The molecule has 1 aliphatic heterocycles. The zero-order valence-electron chi connectivity index (χ0n) is 10.7. The molecule has 2 heterocycles. The minimum Gasteiger partial charge on any atom is -0.491 e. The number of aromatic nitrogens is 1. The van der Waals surface area contributed by atoms with Crippen LogP contribution >= 0.6 is 11.6 Å². The van der Waals surface area contributed by atoms with Gasteiger partial charge in [0.25, 0.3) is 0 Å². The summed E-state index contributed by atoms with van der Waals surface area (Å²) in [5, 5.41) is 0.458. The molecule has 2 rings (SSSR count). The Bertz CT molecular complexity index is 394. The van der Waals surface area contributed by atoms with Crippen LogP contribution in [0.5, 0.6) is 5.75 Å². The van der Waals surface area contributed by atoms with Gasteiger partial charge < -0.3 is 14.2 Å². The lowest BCUT2D eigenvalue weighted by Crippen LogP contribution is -2.16. The van der Waals surface area contributed by atoms with E-state index in [9.17, 15) is 0 Å². The SMILES string of the molecule is CO[C@H](C)COc1cc(Cl)nc(C2CCOC2)c1. The summed E-state index contributed by atoms with van der Waals surface area (Å²) in [6, 6.07) is 3.66. The van der Waals surface area contributed by atoms with Crippen molar-refractivity contribution in [2.75, 3.05) is 26.9 Å². The summed E-state index contributed by atoms with van der Waals surface area (Å²) in [4.78, 5) is 4.34. The van der Waals surface area contributed by atoms with E-state index in [1.165, 1.54) is 0 Å². The number of rotatable bonds is 5. The molecule has 18 heavy (non-hydrogen) atoms. The first-order valence-electron chi connectivity index (χ1n) is 6.10. The Morgan fingerprint density at radius 3 is 3.06 bits per heavy atom. The predicted molar refractivity (Wildman–Crippen MR) is 69.4 cm³/mol. The molecule has 1 fully saturated rings. The topological polar surface area (TPSA) is 40.6 Å². The molecule has 100 valence electrons. The summed E-state index contributed by atoms with van der Waals surface area (Å²) in [6.45, 7) is 3.95. The molecule has 5 heteroatoms. The first-order valence-corrected chi connectivity index (χ1v) is 6.47. The molecule has 0 bridgehead atoms. The number of ether oxygens (including phenoxy) is 3. The molecule has 0 radical (unpaired) electrons. The first kappa shape index (κ1) is 13.6. The van der Waals surface area contributed by atoms with Gasteiger partial charge in [-0.25, -0.2) is 4.98 Å². The van der Waals surface area contributed by atoms with E-state index in [0.717, 1.165) is 24.5 Å². The number of methoxy groups -OCH3 is 1. The van der Waals surface area contributed by atoms with Gasteiger partial charge in [-0.15, -0.1) is 0 Å². The second-order valence-electron chi connectivity index (χ2n) is 4.47. The standard InChI is InChI=1S/C13H18ClNO3/c1-9(16-2)7-18-11-5-12(15-13(14)6-11)10-3-4-17-8-10/h5-6,9-10H,3-4,7-8H2,1-2H3/t9-,10?/m1/s1. The van der Waals surface area contributed by atoms with E-state index in [1.807, 2.05) is 13.0 Å². The van der Waals surface area contributed by atoms with Gasteiger partial charge in [0, 0.05) is 31.8 Å². The Morgan fingerprint density at radius 2 is 2.39 bits per heavy atom. The monoisotopic (exact) mass is 271 g/mol. The Kier molecular flexibility index (Phi) is 4.80. The van der Waals surface area contributed by atoms with Crippen LogP contribution < -0.4 is 4.74 Å². The highest BCUT2D eigenvalue weighted by Gasteiger charge is 2.20. The van der Waals surface area contributed by atoms with Crippen LogP contribution in [0.4, 0.5) is 0 Å². The summed E-state index contributed by atoms with van der Waals surface area (Å²) in [5.41, 5.74) is 0.945. The van der Waals surface area contributed by atoms with Crippen molar-refractivity contribution in [2.24, 2.45) is 0 Å². The van der Waals surface area contributed by atoms with Crippen LogP contribution in [0.15, 0.2) is 12.1 Å². The molecule has 0 spiro atoms. The Morgan fingerprint density at radius 1 is 1.56 bits per heavy atom. The summed E-state index contributed by atoms with van der Waals surface area (Å²) in [7, 11) is 1.66. The third-order valence-electron chi connectivity index (χ3n) is 3.02. The fourth-order valence-corrected chi connectivity index (χ4v) is 2.04. The highest BCUT2D eigenvalue weighted by atomic mass is 35.5. The minimum absolute atomic E-state index is 0.0511. The second kappa shape index (κ2) is 6.36. The molecule has 0 aliphatic carbocycles. The van der Waals surface area contributed by atoms with Crippen molar-refractivity contribution < 1.29 is 14.2 Å². The minimum atomic E-state index is 0.0511. The molecule has 0 aromatic carbocycles. The van der Waals surface area contributed by atoms with Gasteiger partial charge >= 0.3 is 0 Å². The van der Waals surface area contributed by atoms with Crippen LogP contribution in [0.1, 0.15) is 25.0 Å². The normalized spacial score (nSPS) is 20.9. The molecule has 4 nitrogen and oxygen atoms in total. The quantitative estimate of drug-likeness (QED) is 0.772. The molecule has 1 saturated heterocycles. The number of hydrogen-bond acceptors (Lipinski definition) is 4. The number of nitrogens with zero attached hydrogens (tertiary/aromatic N) is 1. The van der Waals surface area contributed by atoms with Gasteiger partial charge in [0.1, 0.15) is 17.5 Å². The maximum absolute atomic E-state index is 6.01. The van der Waals surface area contributed by atoms with E-state index >= 15 is 0 Å². The van der Waals surface area contributed by atoms with Crippen molar-refractivity contribution in [2.45, 2.75) is 25.4 Å². The molecular formula is C13H18ClNO3. The highest BCUT2D eigenvalue weighted by Crippen LogP contribution is 2.28. The van der Waals surface area contributed by atoms with Gasteiger partial charge in [-0.2, -0.15) is 0 Å². The van der Waals surface area contributed by atoms with Gasteiger partial charge in [0.05, 0.1) is 18.4 Å². The number of halogens is 1. The first-order chi connectivity index (χ1) is 8.69.